The molecule has 0 saturated heterocycles. The highest BCUT2D eigenvalue weighted by Crippen LogP contribution is 2.13. The highest BCUT2D eigenvalue weighted by molar-refractivity contribution is 5.16. The molecule has 0 fully saturated rings. The van der Waals surface area contributed by atoms with Gasteiger partial charge in [0.05, 0.1) is 6.04 Å². The Morgan fingerprint density at radius 1 is 1.18 bits per heavy atom. The maximum absolute atomic E-state index is 5.47. The number of hydrogen-bond acceptors (Lipinski definition) is 5. The zero-order valence-electron chi connectivity index (χ0n) is 11.3. The normalized spacial score (nSPS) is 13.0. The SMILES string of the molecule is CNC(C)c1nnc(NCCCCC(C)C)o1. The average Bonchev–Trinajstić information content (AvgIpc) is 2.76. The van der Waals surface area contributed by atoms with Crippen LogP contribution in [0.3, 0.4) is 0 Å². The Morgan fingerprint density at radius 3 is 2.59 bits per heavy atom. The van der Waals surface area contributed by atoms with Crippen molar-refractivity contribution in [1.29, 1.82) is 0 Å². The Balaban J connectivity index is 2.21. The molecule has 0 aliphatic heterocycles. The maximum Gasteiger partial charge on any atom is 0.315 e. The second kappa shape index (κ2) is 7.27. The van der Waals surface area contributed by atoms with Crippen molar-refractivity contribution in [3.8, 4) is 0 Å². The van der Waals surface area contributed by atoms with Gasteiger partial charge in [-0.15, -0.1) is 5.10 Å². The zero-order valence-corrected chi connectivity index (χ0v) is 11.3. The summed E-state index contributed by atoms with van der Waals surface area (Å²) in [6.45, 7) is 7.37. The molecule has 1 atom stereocenters. The first kappa shape index (κ1) is 14.0. The first-order chi connectivity index (χ1) is 8.13. The minimum absolute atomic E-state index is 0.0963. The monoisotopic (exact) mass is 240 g/mol. The predicted octanol–water partition coefficient (Wildman–Crippen LogP) is 2.59. The lowest BCUT2D eigenvalue weighted by Crippen LogP contribution is -2.12. The Hall–Kier alpha value is -1.10. The molecule has 17 heavy (non-hydrogen) atoms. The summed E-state index contributed by atoms with van der Waals surface area (Å²) in [6.07, 6.45) is 3.64. The van der Waals surface area contributed by atoms with Crippen LogP contribution < -0.4 is 10.6 Å². The molecule has 1 unspecified atom stereocenters. The summed E-state index contributed by atoms with van der Waals surface area (Å²) in [5.74, 6) is 1.40. The van der Waals surface area contributed by atoms with Crippen molar-refractivity contribution in [2.45, 2.75) is 46.1 Å². The van der Waals surface area contributed by atoms with E-state index in [4.69, 9.17) is 4.42 Å². The molecule has 0 aliphatic carbocycles. The average molecular weight is 240 g/mol. The van der Waals surface area contributed by atoms with E-state index in [-0.39, 0.29) is 6.04 Å². The maximum atomic E-state index is 5.47. The summed E-state index contributed by atoms with van der Waals surface area (Å²) >= 11 is 0. The Morgan fingerprint density at radius 2 is 1.94 bits per heavy atom. The van der Waals surface area contributed by atoms with Gasteiger partial charge in [-0.05, 0) is 26.3 Å². The number of unbranched alkanes of at least 4 members (excludes halogenated alkanes) is 1. The molecule has 0 radical (unpaired) electrons. The number of rotatable bonds is 8. The molecule has 0 aliphatic rings. The molecular weight excluding hydrogens is 216 g/mol. The highest BCUT2D eigenvalue weighted by Gasteiger charge is 2.11. The van der Waals surface area contributed by atoms with E-state index in [0.29, 0.717) is 11.9 Å². The molecule has 1 heterocycles. The van der Waals surface area contributed by atoms with E-state index in [1.807, 2.05) is 14.0 Å². The van der Waals surface area contributed by atoms with Gasteiger partial charge in [0, 0.05) is 6.54 Å². The van der Waals surface area contributed by atoms with Gasteiger partial charge in [-0.1, -0.05) is 31.8 Å². The van der Waals surface area contributed by atoms with Gasteiger partial charge in [-0.2, -0.15) is 0 Å². The molecule has 5 heteroatoms. The van der Waals surface area contributed by atoms with Crippen LogP contribution in [0.1, 0.15) is 52.0 Å². The molecular formula is C12H24N4O. The quantitative estimate of drug-likeness (QED) is 0.684. The molecule has 0 spiro atoms. The lowest BCUT2D eigenvalue weighted by Gasteiger charge is -2.04. The molecule has 98 valence electrons. The summed E-state index contributed by atoms with van der Waals surface area (Å²) in [5, 5.41) is 14.1. The van der Waals surface area contributed by atoms with E-state index in [2.05, 4.69) is 34.7 Å². The minimum Gasteiger partial charge on any atom is -0.406 e. The molecule has 0 aromatic carbocycles. The van der Waals surface area contributed by atoms with Gasteiger partial charge >= 0.3 is 6.01 Å². The van der Waals surface area contributed by atoms with Crippen molar-refractivity contribution >= 4 is 6.01 Å². The first-order valence-corrected chi connectivity index (χ1v) is 6.38. The third-order valence-corrected chi connectivity index (χ3v) is 2.73. The van der Waals surface area contributed by atoms with Gasteiger partial charge in [0.1, 0.15) is 0 Å². The number of aromatic nitrogens is 2. The molecule has 1 rings (SSSR count). The van der Waals surface area contributed by atoms with E-state index < -0.39 is 0 Å². The summed E-state index contributed by atoms with van der Waals surface area (Å²) in [4.78, 5) is 0. The molecule has 5 nitrogen and oxygen atoms in total. The summed E-state index contributed by atoms with van der Waals surface area (Å²) < 4.78 is 5.47. The summed E-state index contributed by atoms with van der Waals surface area (Å²) in [7, 11) is 1.87. The van der Waals surface area contributed by atoms with E-state index in [0.717, 1.165) is 18.9 Å². The lowest BCUT2D eigenvalue weighted by molar-refractivity contribution is 0.440. The van der Waals surface area contributed by atoms with Crippen LogP contribution in [0.2, 0.25) is 0 Å². The number of anilines is 1. The first-order valence-electron chi connectivity index (χ1n) is 6.38. The van der Waals surface area contributed by atoms with E-state index >= 15 is 0 Å². The molecule has 0 amide bonds. The van der Waals surface area contributed by atoms with Crippen LogP contribution >= 0.6 is 0 Å². The second-order valence-corrected chi connectivity index (χ2v) is 4.77. The largest absolute Gasteiger partial charge is 0.406 e. The van der Waals surface area contributed by atoms with Crippen molar-refractivity contribution in [2.75, 3.05) is 18.9 Å². The number of nitrogens with zero attached hydrogens (tertiary/aromatic N) is 2. The Kier molecular flexibility index (Phi) is 5.97. The van der Waals surface area contributed by atoms with Crippen LogP contribution in [0.4, 0.5) is 6.01 Å². The van der Waals surface area contributed by atoms with Crippen molar-refractivity contribution in [3.05, 3.63) is 5.89 Å². The molecule has 0 saturated carbocycles. The topological polar surface area (TPSA) is 63.0 Å². The smallest absolute Gasteiger partial charge is 0.315 e. The fourth-order valence-electron chi connectivity index (χ4n) is 1.48. The third kappa shape index (κ3) is 5.17. The van der Waals surface area contributed by atoms with Crippen LogP contribution in [0.25, 0.3) is 0 Å². The van der Waals surface area contributed by atoms with Crippen molar-refractivity contribution < 1.29 is 4.42 Å². The second-order valence-electron chi connectivity index (χ2n) is 4.77. The summed E-state index contributed by atoms with van der Waals surface area (Å²) in [5.41, 5.74) is 0. The Labute approximate surface area is 103 Å². The molecule has 1 aromatic heterocycles. The van der Waals surface area contributed by atoms with Crippen molar-refractivity contribution in [1.82, 2.24) is 15.5 Å². The van der Waals surface area contributed by atoms with E-state index in [1.165, 1.54) is 12.8 Å². The van der Waals surface area contributed by atoms with E-state index in [9.17, 15) is 0 Å². The van der Waals surface area contributed by atoms with Gasteiger partial charge in [0.25, 0.3) is 0 Å². The fraction of sp³-hybridized carbons (Fsp3) is 0.833. The van der Waals surface area contributed by atoms with Gasteiger partial charge in [-0.25, -0.2) is 0 Å². The van der Waals surface area contributed by atoms with Crippen LogP contribution in [0.5, 0.6) is 0 Å². The van der Waals surface area contributed by atoms with Crippen LogP contribution in [0, 0.1) is 5.92 Å². The van der Waals surface area contributed by atoms with Crippen LogP contribution in [0.15, 0.2) is 4.42 Å². The highest BCUT2D eigenvalue weighted by atomic mass is 16.4. The summed E-state index contributed by atoms with van der Waals surface area (Å²) in [6, 6.07) is 0.616. The minimum atomic E-state index is 0.0963. The number of hydrogen-bond donors (Lipinski definition) is 2. The molecule has 2 N–H and O–H groups in total. The van der Waals surface area contributed by atoms with Crippen molar-refractivity contribution in [3.63, 3.8) is 0 Å². The Bertz CT molecular complexity index is 311. The lowest BCUT2D eigenvalue weighted by atomic mass is 10.1. The van der Waals surface area contributed by atoms with Crippen LogP contribution in [-0.2, 0) is 0 Å². The van der Waals surface area contributed by atoms with Gasteiger partial charge in [-0.3, -0.25) is 0 Å². The van der Waals surface area contributed by atoms with Gasteiger partial charge in [0.2, 0.25) is 5.89 Å². The van der Waals surface area contributed by atoms with Crippen molar-refractivity contribution in [2.24, 2.45) is 5.92 Å². The van der Waals surface area contributed by atoms with Gasteiger partial charge < -0.3 is 15.1 Å². The number of nitrogens with one attached hydrogen (secondary N) is 2. The third-order valence-electron chi connectivity index (χ3n) is 2.73. The molecule has 0 bridgehead atoms. The zero-order chi connectivity index (χ0) is 12.7. The van der Waals surface area contributed by atoms with E-state index in [1.54, 1.807) is 0 Å². The van der Waals surface area contributed by atoms with Gasteiger partial charge in [0.15, 0.2) is 0 Å². The standard InChI is InChI=1S/C12H24N4O/c1-9(2)7-5-6-8-14-12-16-15-11(17-12)10(3)13-4/h9-10,13H,5-8H2,1-4H3,(H,14,16). The fourth-order valence-corrected chi connectivity index (χ4v) is 1.48. The van der Waals surface area contributed by atoms with Crippen LogP contribution in [-0.4, -0.2) is 23.8 Å². The molecule has 1 aromatic rings. The predicted molar refractivity (Wildman–Crippen MR) is 69.0 cm³/mol.